The Balaban J connectivity index is 2.64. The molecule has 0 nitrogen and oxygen atoms in total. The van der Waals surface area contributed by atoms with E-state index in [0.717, 1.165) is 5.56 Å². The normalized spacial score (nSPS) is 26.8. The van der Waals surface area contributed by atoms with E-state index in [1.165, 1.54) is 6.92 Å². The quantitative estimate of drug-likeness (QED) is 0.594. The zero-order valence-electron chi connectivity index (χ0n) is 10.3. The third-order valence-corrected chi connectivity index (χ3v) is 7.49. The molecule has 0 radical (unpaired) electrons. The van der Waals surface area contributed by atoms with Gasteiger partial charge in [0, 0.05) is 4.90 Å². The molecule has 0 aromatic heterocycles. The monoisotopic (exact) mass is 294 g/mol. The lowest BCUT2D eigenvalue weighted by Gasteiger charge is -2.33. The fourth-order valence-electron chi connectivity index (χ4n) is 2.05. The predicted octanol–water partition coefficient (Wildman–Crippen LogP) is 6.02. The number of hydrogen-bond donors (Lipinski definition) is 0. The summed E-state index contributed by atoms with van der Waals surface area (Å²) in [5.74, 6) is 0.185. The van der Waals surface area contributed by atoms with Gasteiger partial charge in [0.25, 0.3) is 0 Å². The van der Waals surface area contributed by atoms with Gasteiger partial charge in [-0.2, -0.15) is 13.2 Å². The third kappa shape index (κ3) is 1.86. The lowest BCUT2D eigenvalue weighted by molar-refractivity contribution is -0.0359. The van der Waals surface area contributed by atoms with E-state index in [1.807, 2.05) is 19.9 Å². The molecule has 1 unspecified atom stereocenters. The van der Waals surface area contributed by atoms with E-state index >= 15 is 0 Å². The van der Waals surface area contributed by atoms with Crippen LogP contribution in [0.15, 0.2) is 28.0 Å². The number of benzene rings is 1. The van der Waals surface area contributed by atoms with Gasteiger partial charge in [0.2, 0.25) is 0 Å². The molecule has 0 N–H and O–H groups in total. The maximum Gasteiger partial charge on any atom is 0.445 e. The molecule has 0 saturated carbocycles. The van der Waals surface area contributed by atoms with Crippen LogP contribution in [0.5, 0.6) is 0 Å². The van der Waals surface area contributed by atoms with Gasteiger partial charge < -0.3 is 0 Å². The average molecular weight is 295 g/mol. The minimum atomic E-state index is -4.41. The van der Waals surface area contributed by atoms with Gasteiger partial charge in [-0.1, -0.05) is 26.0 Å². The number of halogens is 4. The summed E-state index contributed by atoms with van der Waals surface area (Å²) in [5.41, 5.74) is -2.92. The van der Waals surface area contributed by atoms with Crippen LogP contribution >= 0.6 is 19.9 Å². The van der Waals surface area contributed by atoms with Gasteiger partial charge >= 0.3 is 5.51 Å². The topological polar surface area (TPSA) is 0 Å². The van der Waals surface area contributed by atoms with E-state index < -0.39 is 14.7 Å². The number of alkyl halides is 3. The van der Waals surface area contributed by atoms with Crippen molar-refractivity contribution in [3.8, 4) is 0 Å². The predicted molar refractivity (Wildman–Crippen MR) is 71.9 cm³/mol. The zero-order chi connectivity index (χ0) is 13.7. The molecule has 0 bridgehead atoms. The molecule has 0 saturated heterocycles. The van der Waals surface area contributed by atoms with E-state index in [1.54, 1.807) is 18.2 Å². The summed E-state index contributed by atoms with van der Waals surface area (Å²) in [6.07, 6.45) is 1.55. The molecule has 100 valence electrons. The van der Waals surface area contributed by atoms with Crippen molar-refractivity contribution in [1.82, 2.24) is 0 Å². The summed E-state index contributed by atoms with van der Waals surface area (Å²) < 4.78 is 39.8. The Morgan fingerprint density at radius 3 is 2.33 bits per heavy atom. The average Bonchev–Trinajstić information content (AvgIpc) is 2.51. The van der Waals surface area contributed by atoms with Crippen molar-refractivity contribution in [2.75, 3.05) is 0 Å². The van der Waals surface area contributed by atoms with Crippen LogP contribution < -0.4 is 0 Å². The Hall–Kier alpha value is -0.610. The smallest absolute Gasteiger partial charge is 0.160 e. The van der Waals surface area contributed by atoms with E-state index in [-0.39, 0.29) is 15.7 Å². The van der Waals surface area contributed by atoms with Crippen LogP contribution in [0.2, 0.25) is 0 Å². The van der Waals surface area contributed by atoms with Crippen molar-refractivity contribution in [3.05, 3.63) is 34.2 Å². The minimum absolute atomic E-state index is 0.185. The molecule has 0 aliphatic carbocycles. The summed E-state index contributed by atoms with van der Waals surface area (Å²) in [5, 5.41) is 0. The second kappa shape index (κ2) is 4.20. The standard InChI is InChI=1S/C13H14ClF3S/c1-8(2)10-4-5-11-6-9(3)18(14,12(11)7-10)13(15,16)17/h4-8H,1-3H3. The fraction of sp³-hybridized carbons (Fsp3) is 0.385. The van der Waals surface area contributed by atoms with Crippen LogP contribution in [-0.2, 0) is 0 Å². The fourth-order valence-corrected chi connectivity index (χ4v) is 4.59. The highest BCUT2D eigenvalue weighted by atomic mass is 35.7. The van der Waals surface area contributed by atoms with Gasteiger partial charge in [-0.05, 0) is 60.9 Å². The highest BCUT2D eigenvalue weighted by molar-refractivity contribution is 8.54. The van der Waals surface area contributed by atoms with Gasteiger partial charge in [0.05, 0.1) is 0 Å². The van der Waals surface area contributed by atoms with E-state index in [0.29, 0.717) is 5.56 Å². The SMILES string of the molecule is CC1=Cc2ccc(C(C)C)cc2S1(Cl)C(F)(F)F. The summed E-state index contributed by atoms with van der Waals surface area (Å²) in [4.78, 5) is 0.452. The summed E-state index contributed by atoms with van der Waals surface area (Å²) in [6, 6.07) is 5.21. The van der Waals surface area contributed by atoms with Crippen LogP contribution in [-0.4, -0.2) is 5.51 Å². The molecule has 1 aromatic rings. The zero-order valence-corrected chi connectivity index (χ0v) is 11.9. The first kappa shape index (κ1) is 13.8. The molecule has 1 aliphatic heterocycles. The second-order valence-electron chi connectivity index (χ2n) is 4.69. The van der Waals surface area contributed by atoms with Gasteiger partial charge in [0.1, 0.15) is 0 Å². The molecule has 0 amide bonds. The van der Waals surface area contributed by atoms with Crippen molar-refractivity contribution >= 4 is 26.0 Å². The third-order valence-electron chi connectivity index (χ3n) is 3.13. The van der Waals surface area contributed by atoms with Crippen molar-refractivity contribution in [1.29, 1.82) is 0 Å². The molecular weight excluding hydrogens is 281 g/mol. The van der Waals surface area contributed by atoms with Crippen LogP contribution in [0.1, 0.15) is 37.8 Å². The maximum absolute atomic E-state index is 13.3. The highest BCUT2D eigenvalue weighted by Crippen LogP contribution is 2.79. The Morgan fingerprint density at radius 1 is 1.22 bits per heavy atom. The highest BCUT2D eigenvalue weighted by Gasteiger charge is 2.54. The molecule has 0 spiro atoms. The Morgan fingerprint density at radius 2 is 1.83 bits per heavy atom. The number of hydrogen-bond acceptors (Lipinski definition) is 0. The molecule has 1 atom stereocenters. The lowest BCUT2D eigenvalue weighted by atomic mass is 10.0. The van der Waals surface area contributed by atoms with Crippen molar-refractivity contribution < 1.29 is 13.2 Å². The first-order valence-electron chi connectivity index (χ1n) is 5.59. The Kier molecular flexibility index (Phi) is 3.23. The van der Waals surface area contributed by atoms with Crippen molar-refractivity contribution in [3.63, 3.8) is 0 Å². The van der Waals surface area contributed by atoms with Gasteiger partial charge in [-0.15, -0.1) is 0 Å². The molecule has 0 fully saturated rings. The largest absolute Gasteiger partial charge is 0.445 e. The first-order chi connectivity index (χ1) is 8.18. The van der Waals surface area contributed by atoms with Gasteiger partial charge in [-0.25, -0.2) is 0 Å². The summed E-state index contributed by atoms with van der Waals surface area (Å²) in [7, 11) is 2.61. The van der Waals surface area contributed by atoms with E-state index in [9.17, 15) is 13.2 Å². The summed E-state index contributed by atoms with van der Waals surface area (Å²) in [6.45, 7) is 5.37. The van der Waals surface area contributed by atoms with E-state index in [2.05, 4.69) is 0 Å². The number of fused-ring (bicyclic) bond motifs is 1. The first-order valence-corrected chi connectivity index (χ1v) is 8.05. The molecule has 5 heteroatoms. The van der Waals surface area contributed by atoms with Gasteiger partial charge in [-0.3, -0.25) is 0 Å². The lowest BCUT2D eigenvalue weighted by Crippen LogP contribution is -2.15. The van der Waals surface area contributed by atoms with E-state index in [4.69, 9.17) is 10.7 Å². The van der Waals surface area contributed by atoms with Crippen molar-refractivity contribution in [2.24, 2.45) is 0 Å². The maximum atomic E-state index is 13.3. The molecule has 1 heterocycles. The number of rotatable bonds is 1. The molecule has 1 aliphatic rings. The molecular formula is C13H14ClF3S. The second-order valence-corrected chi connectivity index (χ2v) is 8.70. The van der Waals surface area contributed by atoms with Crippen LogP contribution in [0.25, 0.3) is 6.08 Å². The van der Waals surface area contributed by atoms with Crippen LogP contribution in [0.4, 0.5) is 13.2 Å². The van der Waals surface area contributed by atoms with Crippen LogP contribution in [0, 0.1) is 0 Å². The number of allylic oxidation sites excluding steroid dienone is 1. The Bertz CT molecular complexity index is 519. The molecule has 2 rings (SSSR count). The van der Waals surface area contributed by atoms with Gasteiger partial charge in [0.15, 0.2) is 0 Å². The molecule has 1 aromatic carbocycles. The summed E-state index contributed by atoms with van der Waals surface area (Å²) >= 11 is 0. The minimum Gasteiger partial charge on any atom is -0.160 e. The van der Waals surface area contributed by atoms with Crippen LogP contribution in [0.3, 0.4) is 0 Å². The Labute approximate surface area is 111 Å². The molecule has 18 heavy (non-hydrogen) atoms. The van der Waals surface area contributed by atoms with Crippen molar-refractivity contribution in [2.45, 2.75) is 37.1 Å².